The maximum atomic E-state index is 9.76. The lowest BCUT2D eigenvalue weighted by atomic mass is 10.2. The normalized spacial score (nSPS) is 10.3. The van der Waals surface area contributed by atoms with Gasteiger partial charge in [0, 0.05) is 26.0 Å². The molecular weight excluding hydrogens is 240 g/mol. The molecule has 0 fully saturated rings. The summed E-state index contributed by atoms with van der Waals surface area (Å²) in [5.74, 6) is 0.202. The van der Waals surface area contributed by atoms with Gasteiger partial charge in [0.2, 0.25) is 0 Å². The standard InChI is InChI=1S/C14H18N4O/c1-10-4-5-14(19)12(17-10)9-16-11-8-15-7-6-13(11)18(2)3/h4-8,16,19H,9H2,1-3H3. The summed E-state index contributed by atoms with van der Waals surface area (Å²) in [7, 11) is 3.95. The van der Waals surface area contributed by atoms with Crippen LogP contribution in [0, 0.1) is 6.92 Å². The van der Waals surface area contributed by atoms with Crippen LogP contribution in [0.5, 0.6) is 5.75 Å². The van der Waals surface area contributed by atoms with Gasteiger partial charge >= 0.3 is 0 Å². The molecule has 0 spiro atoms. The van der Waals surface area contributed by atoms with Gasteiger partial charge in [0.15, 0.2) is 0 Å². The van der Waals surface area contributed by atoms with Crippen molar-refractivity contribution in [2.24, 2.45) is 0 Å². The van der Waals surface area contributed by atoms with Gasteiger partial charge in [-0.1, -0.05) is 0 Å². The number of anilines is 2. The molecule has 0 radical (unpaired) electrons. The van der Waals surface area contributed by atoms with E-state index in [-0.39, 0.29) is 5.75 Å². The highest BCUT2D eigenvalue weighted by atomic mass is 16.3. The van der Waals surface area contributed by atoms with Crippen molar-refractivity contribution in [2.75, 3.05) is 24.3 Å². The second-order valence-electron chi connectivity index (χ2n) is 4.56. The van der Waals surface area contributed by atoms with E-state index in [9.17, 15) is 5.11 Å². The van der Waals surface area contributed by atoms with Gasteiger partial charge in [-0.15, -0.1) is 0 Å². The van der Waals surface area contributed by atoms with Gasteiger partial charge in [-0.3, -0.25) is 9.97 Å². The van der Waals surface area contributed by atoms with Gasteiger partial charge in [-0.25, -0.2) is 0 Å². The molecule has 5 heteroatoms. The van der Waals surface area contributed by atoms with Gasteiger partial charge in [0.1, 0.15) is 11.4 Å². The molecule has 0 aliphatic carbocycles. The van der Waals surface area contributed by atoms with Crippen LogP contribution in [0.3, 0.4) is 0 Å². The lowest BCUT2D eigenvalue weighted by molar-refractivity contribution is 0.464. The van der Waals surface area contributed by atoms with Crippen LogP contribution in [0.15, 0.2) is 30.6 Å². The van der Waals surface area contributed by atoms with Crippen LogP contribution in [-0.2, 0) is 6.54 Å². The number of aromatic hydroxyl groups is 1. The molecule has 0 saturated carbocycles. The minimum Gasteiger partial charge on any atom is -0.506 e. The number of aryl methyl sites for hydroxylation is 1. The topological polar surface area (TPSA) is 61.3 Å². The van der Waals surface area contributed by atoms with Crippen LogP contribution in [0.4, 0.5) is 11.4 Å². The summed E-state index contributed by atoms with van der Waals surface area (Å²) in [5, 5.41) is 13.0. The first kappa shape index (κ1) is 13.1. The Labute approximate surface area is 112 Å². The molecule has 0 aromatic carbocycles. The number of nitrogens with one attached hydrogen (secondary N) is 1. The predicted octanol–water partition coefficient (Wildman–Crippen LogP) is 2.17. The first-order valence-corrected chi connectivity index (χ1v) is 6.08. The summed E-state index contributed by atoms with van der Waals surface area (Å²) in [6.45, 7) is 2.36. The van der Waals surface area contributed by atoms with E-state index in [1.807, 2.05) is 32.0 Å². The number of hydrogen-bond acceptors (Lipinski definition) is 5. The van der Waals surface area contributed by atoms with Crippen LogP contribution in [-0.4, -0.2) is 29.2 Å². The Morgan fingerprint density at radius 2 is 2.05 bits per heavy atom. The van der Waals surface area contributed by atoms with Crippen molar-refractivity contribution in [1.82, 2.24) is 9.97 Å². The minimum absolute atomic E-state index is 0.202. The predicted molar refractivity (Wildman–Crippen MR) is 76.5 cm³/mol. The number of aromatic nitrogens is 2. The van der Waals surface area contributed by atoms with Gasteiger partial charge in [-0.2, -0.15) is 0 Å². The average Bonchev–Trinajstić information content (AvgIpc) is 2.40. The third kappa shape index (κ3) is 3.13. The number of pyridine rings is 2. The van der Waals surface area contributed by atoms with Crippen molar-refractivity contribution in [3.63, 3.8) is 0 Å². The molecule has 2 rings (SSSR count). The van der Waals surface area contributed by atoms with Crippen LogP contribution in [0.25, 0.3) is 0 Å². The fourth-order valence-electron chi connectivity index (χ4n) is 1.83. The summed E-state index contributed by atoms with van der Waals surface area (Å²) >= 11 is 0. The van der Waals surface area contributed by atoms with Crippen molar-refractivity contribution in [1.29, 1.82) is 0 Å². The van der Waals surface area contributed by atoms with Gasteiger partial charge < -0.3 is 15.3 Å². The summed E-state index contributed by atoms with van der Waals surface area (Å²) in [6.07, 6.45) is 3.52. The highest BCUT2D eigenvalue weighted by Crippen LogP contribution is 2.24. The van der Waals surface area contributed by atoms with Gasteiger partial charge in [0.25, 0.3) is 0 Å². The van der Waals surface area contributed by atoms with Gasteiger partial charge in [-0.05, 0) is 25.1 Å². The third-order valence-electron chi connectivity index (χ3n) is 2.82. The van der Waals surface area contributed by atoms with Crippen LogP contribution in [0.1, 0.15) is 11.4 Å². The second-order valence-corrected chi connectivity index (χ2v) is 4.56. The molecule has 2 N–H and O–H groups in total. The Bertz CT molecular complexity index is 569. The Kier molecular flexibility index (Phi) is 3.85. The van der Waals surface area contributed by atoms with Crippen LogP contribution in [0.2, 0.25) is 0 Å². The zero-order valence-corrected chi connectivity index (χ0v) is 11.4. The maximum absolute atomic E-state index is 9.76. The molecule has 0 amide bonds. The monoisotopic (exact) mass is 258 g/mol. The van der Waals surface area contributed by atoms with E-state index in [1.165, 1.54) is 0 Å². The Morgan fingerprint density at radius 3 is 2.79 bits per heavy atom. The minimum atomic E-state index is 0.202. The molecule has 2 aromatic heterocycles. The first-order chi connectivity index (χ1) is 9.08. The van der Waals surface area contributed by atoms with Crippen LogP contribution < -0.4 is 10.2 Å². The molecule has 2 aromatic rings. The van der Waals surface area contributed by atoms with E-state index in [4.69, 9.17) is 0 Å². The summed E-state index contributed by atoms with van der Waals surface area (Å²) in [5.41, 5.74) is 3.47. The molecule has 0 aliphatic heterocycles. The smallest absolute Gasteiger partial charge is 0.138 e. The Morgan fingerprint density at radius 1 is 1.26 bits per heavy atom. The zero-order chi connectivity index (χ0) is 13.8. The third-order valence-corrected chi connectivity index (χ3v) is 2.82. The second kappa shape index (κ2) is 5.56. The highest BCUT2D eigenvalue weighted by molar-refractivity contribution is 5.68. The number of rotatable bonds is 4. The molecule has 2 heterocycles. The van der Waals surface area contributed by atoms with E-state index < -0.39 is 0 Å². The maximum Gasteiger partial charge on any atom is 0.138 e. The van der Waals surface area contributed by atoms with Crippen molar-refractivity contribution < 1.29 is 5.11 Å². The molecule has 0 bridgehead atoms. The largest absolute Gasteiger partial charge is 0.506 e. The Hall–Kier alpha value is -2.30. The van der Waals surface area contributed by atoms with Crippen molar-refractivity contribution in [3.05, 3.63) is 42.0 Å². The van der Waals surface area contributed by atoms with E-state index >= 15 is 0 Å². The molecule has 0 unspecified atom stereocenters. The number of nitrogens with zero attached hydrogens (tertiary/aromatic N) is 3. The van der Waals surface area contributed by atoms with E-state index in [1.54, 1.807) is 24.5 Å². The van der Waals surface area contributed by atoms with Gasteiger partial charge in [0.05, 0.1) is 24.1 Å². The number of hydrogen-bond donors (Lipinski definition) is 2. The van der Waals surface area contributed by atoms with E-state index in [2.05, 4.69) is 15.3 Å². The SMILES string of the molecule is Cc1ccc(O)c(CNc2cnccc2N(C)C)n1. The average molecular weight is 258 g/mol. The molecule has 0 atom stereocenters. The molecule has 0 saturated heterocycles. The quantitative estimate of drug-likeness (QED) is 0.880. The summed E-state index contributed by atoms with van der Waals surface area (Å²) in [4.78, 5) is 10.4. The zero-order valence-electron chi connectivity index (χ0n) is 11.4. The van der Waals surface area contributed by atoms with Crippen LogP contribution >= 0.6 is 0 Å². The van der Waals surface area contributed by atoms with Crippen molar-refractivity contribution in [3.8, 4) is 5.75 Å². The lowest BCUT2D eigenvalue weighted by Crippen LogP contribution is -2.12. The molecular formula is C14H18N4O. The summed E-state index contributed by atoms with van der Waals surface area (Å²) < 4.78 is 0. The lowest BCUT2D eigenvalue weighted by Gasteiger charge is -2.17. The fraction of sp³-hybridized carbons (Fsp3) is 0.286. The highest BCUT2D eigenvalue weighted by Gasteiger charge is 2.07. The van der Waals surface area contributed by atoms with E-state index in [0.29, 0.717) is 12.2 Å². The van der Waals surface area contributed by atoms with E-state index in [0.717, 1.165) is 17.1 Å². The molecule has 100 valence electrons. The Balaban J connectivity index is 2.17. The summed E-state index contributed by atoms with van der Waals surface area (Å²) in [6, 6.07) is 5.38. The first-order valence-electron chi connectivity index (χ1n) is 6.08. The molecule has 0 aliphatic rings. The molecule has 5 nitrogen and oxygen atoms in total. The molecule has 19 heavy (non-hydrogen) atoms. The van der Waals surface area contributed by atoms with Crippen molar-refractivity contribution in [2.45, 2.75) is 13.5 Å². The fourth-order valence-corrected chi connectivity index (χ4v) is 1.83. The van der Waals surface area contributed by atoms with Crippen molar-refractivity contribution >= 4 is 11.4 Å².